The number of amides is 1. The van der Waals surface area contributed by atoms with Crippen molar-refractivity contribution in [3.05, 3.63) is 59.9 Å². The number of carbonyl (C=O) groups is 1. The van der Waals surface area contributed by atoms with E-state index in [0.717, 1.165) is 0 Å². The zero-order valence-corrected chi connectivity index (χ0v) is 15.6. The van der Waals surface area contributed by atoms with Gasteiger partial charge in [0.15, 0.2) is 0 Å². The lowest BCUT2D eigenvalue weighted by atomic mass is 10.2. The smallest absolute Gasteiger partial charge is 0.414 e. The first-order valence-electron chi connectivity index (χ1n) is 9.56. The number of ether oxygens (including phenoxy) is 2. The minimum atomic E-state index is -0.438. The van der Waals surface area contributed by atoms with E-state index in [9.17, 15) is 9.18 Å². The molecule has 2 heterocycles. The Labute approximate surface area is 163 Å². The summed E-state index contributed by atoms with van der Waals surface area (Å²) in [6.45, 7) is 3.92. The predicted molar refractivity (Wildman–Crippen MR) is 105 cm³/mol. The van der Waals surface area contributed by atoms with Crippen molar-refractivity contribution in [2.24, 2.45) is 0 Å². The van der Waals surface area contributed by atoms with Crippen LogP contribution in [0.3, 0.4) is 0 Å². The van der Waals surface area contributed by atoms with Crippen molar-refractivity contribution in [1.29, 1.82) is 0 Å². The molecular formula is C21H24FN3O3. The van der Waals surface area contributed by atoms with E-state index < -0.39 is 6.09 Å². The monoisotopic (exact) mass is 385 g/mol. The summed E-state index contributed by atoms with van der Waals surface area (Å²) in [5, 5.41) is 3.32. The standard InChI is InChI=1S/C21H24FN3O3/c22-18-7-4-8-19(20(18)24-9-11-27-12-10-24)25-15-17(28-21(25)26)14-23-13-16-5-2-1-3-6-16/h1-8,17,23H,9-15H2/t17-/m0/s1. The number of halogens is 1. The Morgan fingerprint density at radius 1 is 1.07 bits per heavy atom. The van der Waals surface area contributed by atoms with E-state index in [-0.39, 0.29) is 11.9 Å². The highest BCUT2D eigenvalue weighted by molar-refractivity contribution is 5.94. The van der Waals surface area contributed by atoms with Gasteiger partial charge in [-0.25, -0.2) is 9.18 Å². The molecule has 0 saturated carbocycles. The average molecular weight is 385 g/mol. The molecule has 0 spiro atoms. The van der Waals surface area contributed by atoms with Gasteiger partial charge in [0.05, 0.1) is 31.1 Å². The van der Waals surface area contributed by atoms with Gasteiger partial charge in [0.25, 0.3) is 0 Å². The van der Waals surface area contributed by atoms with E-state index >= 15 is 0 Å². The lowest BCUT2D eigenvalue weighted by Crippen LogP contribution is -2.38. The highest BCUT2D eigenvalue weighted by atomic mass is 19.1. The summed E-state index contributed by atoms with van der Waals surface area (Å²) in [5.74, 6) is -0.335. The number of anilines is 2. The van der Waals surface area contributed by atoms with Crippen molar-refractivity contribution in [3.8, 4) is 0 Å². The first kappa shape index (κ1) is 18.7. The third-order valence-corrected chi connectivity index (χ3v) is 5.00. The summed E-state index contributed by atoms with van der Waals surface area (Å²) in [7, 11) is 0. The van der Waals surface area contributed by atoms with Crippen molar-refractivity contribution in [3.63, 3.8) is 0 Å². The van der Waals surface area contributed by atoms with Crippen molar-refractivity contribution in [2.45, 2.75) is 12.6 Å². The molecule has 2 aromatic carbocycles. The van der Waals surface area contributed by atoms with Crippen molar-refractivity contribution < 1.29 is 18.7 Å². The molecule has 6 nitrogen and oxygen atoms in total. The first-order chi connectivity index (χ1) is 13.7. The quantitative estimate of drug-likeness (QED) is 0.829. The predicted octanol–water partition coefficient (Wildman–Crippen LogP) is 2.78. The van der Waals surface area contributed by atoms with E-state index in [1.165, 1.54) is 16.5 Å². The van der Waals surface area contributed by atoms with Gasteiger partial charge in [-0.05, 0) is 17.7 Å². The van der Waals surface area contributed by atoms with Crippen LogP contribution >= 0.6 is 0 Å². The van der Waals surface area contributed by atoms with E-state index in [0.29, 0.717) is 57.3 Å². The fraction of sp³-hybridized carbons (Fsp3) is 0.381. The van der Waals surface area contributed by atoms with Gasteiger partial charge in [0.2, 0.25) is 0 Å². The topological polar surface area (TPSA) is 54.0 Å². The van der Waals surface area contributed by atoms with Crippen LogP contribution in [-0.2, 0) is 16.0 Å². The molecule has 1 atom stereocenters. The number of nitrogens with one attached hydrogen (secondary N) is 1. The number of benzene rings is 2. The second kappa shape index (κ2) is 8.58. The molecule has 0 aliphatic carbocycles. The molecule has 2 aliphatic rings. The number of rotatable bonds is 6. The third-order valence-electron chi connectivity index (χ3n) is 5.00. The number of morpholine rings is 1. The first-order valence-corrected chi connectivity index (χ1v) is 9.56. The van der Waals surface area contributed by atoms with Gasteiger partial charge in [-0.3, -0.25) is 4.90 Å². The van der Waals surface area contributed by atoms with Crippen LogP contribution < -0.4 is 15.1 Å². The normalized spacial score (nSPS) is 19.8. The molecule has 148 valence electrons. The molecule has 1 N–H and O–H groups in total. The van der Waals surface area contributed by atoms with Crippen LogP contribution in [0.15, 0.2) is 48.5 Å². The fourth-order valence-electron chi connectivity index (χ4n) is 3.62. The molecule has 2 saturated heterocycles. The zero-order valence-electron chi connectivity index (χ0n) is 15.6. The average Bonchev–Trinajstić information content (AvgIpc) is 3.09. The summed E-state index contributed by atoms with van der Waals surface area (Å²) in [5.41, 5.74) is 2.17. The Hall–Kier alpha value is -2.64. The summed E-state index contributed by atoms with van der Waals surface area (Å²) < 4.78 is 25.5. The maximum absolute atomic E-state index is 14.6. The minimum Gasteiger partial charge on any atom is -0.443 e. The van der Waals surface area contributed by atoms with Crippen LogP contribution in [0.2, 0.25) is 0 Å². The largest absolute Gasteiger partial charge is 0.443 e. The Morgan fingerprint density at radius 3 is 2.64 bits per heavy atom. The molecule has 7 heteroatoms. The number of cyclic esters (lactones) is 1. The van der Waals surface area contributed by atoms with E-state index in [2.05, 4.69) is 5.32 Å². The van der Waals surface area contributed by atoms with Crippen LogP contribution in [0.25, 0.3) is 0 Å². The maximum atomic E-state index is 14.6. The summed E-state index contributed by atoms with van der Waals surface area (Å²) in [4.78, 5) is 15.9. The molecule has 4 rings (SSSR count). The van der Waals surface area contributed by atoms with Gasteiger partial charge < -0.3 is 19.7 Å². The number of hydrogen-bond acceptors (Lipinski definition) is 5. The van der Waals surface area contributed by atoms with Gasteiger partial charge in [0.1, 0.15) is 11.9 Å². The van der Waals surface area contributed by atoms with Crippen molar-refractivity contribution in [1.82, 2.24) is 5.32 Å². The molecule has 0 radical (unpaired) electrons. The number of nitrogens with zero attached hydrogens (tertiary/aromatic N) is 2. The fourth-order valence-corrected chi connectivity index (χ4v) is 3.62. The molecule has 1 amide bonds. The lowest BCUT2D eigenvalue weighted by molar-refractivity contribution is 0.122. The van der Waals surface area contributed by atoms with Crippen molar-refractivity contribution in [2.75, 3.05) is 49.2 Å². The van der Waals surface area contributed by atoms with E-state index in [1.54, 1.807) is 12.1 Å². The minimum absolute atomic E-state index is 0.281. The van der Waals surface area contributed by atoms with E-state index in [1.807, 2.05) is 35.2 Å². The van der Waals surface area contributed by atoms with Crippen molar-refractivity contribution >= 4 is 17.5 Å². The van der Waals surface area contributed by atoms with Gasteiger partial charge >= 0.3 is 6.09 Å². The summed E-state index contributed by atoms with van der Waals surface area (Å²) >= 11 is 0. The molecule has 28 heavy (non-hydrogen) atoms. The number of para-hydroxylation sites is 1. The maximum Gasteiger partial charge on any atom is 0.414 e. The molecule has 2 aromatic rings. The second-order valence-electron chi connectivity index (χ2n) is 6.94. The SMILES string of the molecule is O=C1O[C@@H](CNCc2ccccc2)CN1c1cccc(F)c1N1CCOCC1. The summed E-state index contributed by atoms with van der Waals surface area (Å²) in [6.07, 6.45) is -0.719. The van der Waals surface area contributed by atoms with Crippen LogP contribution in [0.1, 0.15) is 5.56 Å². The zero-order chi connectivity index (χ0) is 19.3. The molecular weight excluding hydrogens is 361 g/mol. The third kappa shape index (κ3) is 4.10. The summed E-state index contributed by atoms with van der Waals surface area (Å²) in [6, 6.07) is 14.9. The van der Waals surface area contributed by atoms with E-state index in [4.69, 9.17) is 9.47 Å². The highest BCUT2D eigenvalue weighted by Crippen LogP contribution is 2.35. The molecule has 2 aliphatic heterocycles. The number of hydrogen-bond donors (Lipinski definition) is 1. The Kier molecular flexibility index (Phi) is 5.73. The molecule has 2 fully saturated rings. The lowest BCUT2D eigenvalue weighted by Gasteiger charge is -2.32. The van der Waals surface area contributed by atoms with Crippen LogP contribution in [-0.4, -0.2) is 51.6 Å². The Balaban J connectivity index is 1.43. The van der Waals surface area contributed by atoms with Gasteiger partial charge in [-0.2, -0.15) is 0 Å². The Bertz CT molecular complexity index is 812. The molecule has 0 unspecified atom stereocenters. The Morgan fingerprint density at radius 2 is 1.86 bits per heavy atom. The highest BCUT2D eigenvalue weighted by Gasteiger charge is 2.35. The second-order valence-corrected chi connectivity index (χ2v) is 6.94. The van der Waals surface area contributed by atoms with Gasteiger partial charge in [-0.1, -0.05) is 36.4 Å². The van der Waals surface area contributed by atoms with Crippen LogP contribution in [0.5, 0.6) is 0 Å². The molecule has 0 aromatic heterocycles. The van der Waals surface area contributed by atoms with Gasteiger partial charge in [-0.15, -0.1) is 0 Å². The van der Waals surface area contributed by atoms with Crippen LogP contribution in [0, 0.1) is 5.82 Å². The van der Waals surface area contributed by atoms with Gasteiger partial charge in [0, 0.05) is 26.2 Å². The molecule has 0 bridgehead atoms. The van der Waals surface area contributed by atoms with Crippen LogP contribution in [0.4, 0.5) is 20.6 Å². The number of carbonyl (C=O) groups excluding carboxylic acids is 1.